The fraction of sp³-hybridized carbons (Fsp3) is 0.357. The summed E-state index contributed by atoms with van der Waals surface area (Å²) in [7, 11) is 4.85. The first-order chi connectivity index (χ1) is 18.4. The highest BCUT2D eigenvalue weighted by molar-refractivity contribution is 6.36. The predicted octanol–water partition coefficient (Wildman–Crippen LogP) is 3.62. The van der Waals surface area contributed by atoms with E-state index >= 15 is 0 Å². The van der Waals surface area contributed by atoms with Crippen LogP contribution >= 0.6 is 11.6 Å². The van der Waals surface area contributed by atoms with Crippen LogP contribution in [0.1, 0.15) is 17.7 Å². The van der Waals surface area contributed by atoms with Crippen molar-refractivity contribution in [3.63, 3.8) is 0 Å². The Labute approximate surface area is 226 Å². The van der Waals surface area contributed by atoms with Crippen molar-refractivity contribution in [2.75, 3.05) is 50.7 Å². The number of nitrogens with zero attached hydrogens (tertiary/aromatic N) is 5. The minimum atomic E-state index is -0.550. The summed E-state index contributed by atoms with van der Waals surface area (Å²) in [6.45, 7) is 2.52. The van der Waals surface area contributed by atoms with Gasteiger partial charge in [-0.05, 0) is 30.4 Å². The number of fused-ring (bicyclic) bond motifs is 2. The molecule has 5 rings (SSSR count). The Morgan fingerprint density at radius 1 is 1.11 bits per heavy atom. The van der Waals surface area contributed by atoms with Crippen LogP contribution in [0.25, 0.3) is 10.8 Å². The molecular formula is C28H30ClN5O4. The van der Waals surface area contributed by atoms with Gasteiger partial charge < -0.3 is 24.2 Å². The van der Waals surface area contributed by atoms with E-state index in [1.165, 1.54) is 13.2 Å². The van der Waals surface area contributed by atoms with Gasteiger partial charge in [-0.2, -0.15) is 9.97 Å². The molecule has 2 aliphatic heterocycles. The maximum atomic E-state index is 12.5. The molecule has 0 aliphatic carbocycles. The van der Waals surface area contributed by atoms with Gasteiger partial charge in [-0.25, -0.2) is 4.79 Å². The standard InChI is InChI=1S/C28H30ClN5O4/c1-32(19-12-14-34(16-19)24(35)10-11-25(36)37-2)27-20-13-15-33(17-22(20)30-28(31-27)38-3)23-9-5-7-18-6-4-8-21(29)26(18)23/h4-11,19H,12-17H2,1-3H3/b11-10-. The SMILES string of the molecule is COC(=O)/C=C\C(=O)N1CCC(N(C)c2nc(OC)nc3c2CCN(c2cccc4cccc(Cl)c24)C3)C1. The summed E-state index contributed by atoms with van der Waals surface area (Å²) >= 11 is 6.61. The van der Waals surface area contributed by atoms with Gasteiger partial charge in [0.15, 0.2) is 0 Å². The lowest BCUT2D eigenvalue weighted by atomic mass is 10.0. The number of carbonyl (C=O) groups is 2. The third-order valence-electron chi connectivity index (χ3n) is 7.30. The zero-order chi connectivity index (χ0) is 26.8. The summed E-state index contributed by atoms with van der Waals surface area (Å²) in [5.74, 6) is 0.0654. The number of amides is 1. The lowest BCUT2D eigenvalue weighted by Gasteiger charge is -2.34. The van der Waals surface area contributed by atoms with Crippen molar-refractivity contribution in [3.05, 3.63) is 64.8 Å². The van der Waals surface area contributed by atoms with Gasteiger partial charge in [-0.15, -0.1) is 0 Å². The molecule has 0 N–H and O–H groups in total. The van der Waals surface area contributed by atoms with Crippen molar-refractivity contribution in [1.29, 1.82) is 0 Å². The molecular weight excluding hydrogens is 506 g/mol. The number of ether oxygens (including phenoxy) is 2. The molecule has 198 valence electrons. The number of halogens is 1. The Kier molecular flexibility index (Phi) is 7.37. The fourth-order valence-corrected chi connectivity index (χ4v) is 5.54. The molecule has 0 spiro atoms. The first kappa shape index (κ1) is 25.8. The molecule has 10 heteroatoms. The summed E-state index contributed by atoms with van der Waals surface area (Å²) in [5.41, 5.74) is 3.09. The molecule has 1 atom stereocenters. The minimum absolute atomic E-state index is 0.0732. The number of likely N-dealkylation sites (N-methyl/N-ethyl adjacent to an activating group) is 1. The Balaban J connectivity index is 1.39. The maximum Gasteiger partial charge on any atom is 0.330 e. The van der Waals surface area contributed by atoms with Crippen molar-refractivity contribution < 1.29 is 19.1 Å². The Morgan fingerprint density at radius 3 is 2.66 bits per heavy atom. The Morgan fingerprint density at radius 2 is 1.89 bits per heavy atom. The third kappa shape index (κ3) is 4.98. The number of benzene rings is 2. The predicted molar refractivity (Wildman–Crippen MR) is 147 cm³/mol. The second kappa shape index (κ2) is 10.9. The van der Waals surface area contributed by atoms with E-state index < -0.39 is 5.97 Å². The van der Waals surface area contributed by atoms with Gasteiger partial charge in [-0.1, -0.05) is 35.9 Å². The van der Waals surface area contributed by atoms with E-state index in [1.54, 1.807) is 12.0 Å². The maximum absolute atomic E-state index is 12.5. The van der Waals surface area contributed by atoms with Gasteiger partial charge >= 0.3 is 12.0 Å². The minimum Gasteiger partial charge on any atom is -0.467 e. The number of methoxy groups -OCH3 is 2. The van der Waals surface area contributed by atoms with Crippen LogP contribution in [-0.4, -0.2) is 73.7 Å². The van der Waals surface area contributed by atoms with Crippen LogP contribution in [0, 0.1) is 0 Å². The number of hydrogen-bond acceptors (Lipinski definition) is 8. The number of carbonyl (C=O) groups excluding carboxylic acids is 2. The smallest absolute Gasteiger partial charge is 0.330 e. The van der Waals surface area contributed by atoms with Crippen LogP contribution in [0.2, 0.25) is 5.02 Å². The average molecular weight is 536 g/mol. The summed E-state index contributed by atoms with van der Waals surface area (Å²) < 4.78 is 10.1. The first-order valence-electron chi connectivity index (χ1n) is 12.5. The van der Waals surface area contributed by atoms with Crippen LogP contribution < -0.4 is 14.5 Å². The van der Waals surface area contributed by atoms with E-state index in [9.17, 15) is 9.59 Å². The largest absolute Gasteiger partial charge is 0.467 e. The van der Waals surface area contributed by atoms with Gasteiger partial charge in [0.05, 0.1) is 31.5 Å². The van der Waals surface area contributed by atoms with Crippen LogP contribution in [0.5, 0.6) is 6.01 Å². The van der Waals surface area contributed by atoms with Gasteiger partial charge in [-0.3, -0.25) is 4.79 Å². The Hall–Kier alpha value is -3.85. The van der Waals surface area contributed by atoms with E-state index in [0.29, 0.717) is 25.6 Å². The van der Waals surface area contributed by atoms with Crippen molar-refractivity contribution in [3.8, 4) is 6.01 Å². The molecule has 9 nitrogen and oxygen atoms in total. The molecule has 3 heterocycles. The number of rotatable bonds is 6. The lowest BCUT2D eigenvalue weighted by Crippen LogP contribution is -2.39. The molecule has 1 unspecified atom stereocenters. The number of anilines is 2. The van der Waals surface area contributed by atoms with Crippen LogP contribution in [0.4, 0.5) is 11.5 Å². The molecule has 1 amide bonds. The molecule has 0 radical (unpaired) electrons. The van der Waals surface area contributed by atoms with Crippen molar-refractivity contribution in [2.45, 2.75) is 25.4 Å². The summed E-state index contributed by atoms with van der Waals surface area (Å²) in [6.07, 6.45) is 3.96. The van der Waals surface area contributed by atoms with Crippen molar-refractivity contribution in [2.24, 2.45) is 0 Å². The van der Waals surface area contributed by atoms with E-state index in [2.05, 4.69) is 38.8 Å². The van der Waals surface area contributed by atoms with Crippen LogP contribution in [0.15, 0.2) is 48.6 Å². The molecule has 1 aromatic heterocycles. The quantitative estimate of drug-likeness (QED) is 0.349. The highest BCUT2D eigenvalue weighted by Crippen LogP contribution is 2.37. The third-order valence-corrected chi connectivity index (χ3v) is 7.61. The number of aromatic nitrogens is 2. The topological polar surface area (TPSA) is 88.1 Å². The molecule has 0 bridgehead atoms. The summed E-state index contributed by atoms with van der Waals surface area (Å²) in [6, 6.07) is 12.6. The lowest BCUT2D eigenvalue weighted by molar-refractivity contribution is -0.135. The monoisotopic (exact) mass is 535 g/mol. The van der Waals surface area contributed by atoms with E-state index in [0.717, 1.165) is 64.0 Å². The summed E-state index contributed by atoms with van der Waals surface area (Å²) in [5, 5.41) is 2.87. The number of hydrogen-bond donors (Lipinski definition) is 0. The van der Waals surface area contributed by atoms with Gasteiger partial charge in [0, 0.05) is 61.5 Å². The van der Waals surface area contributed by atoms with E-state index in [-0.39, 0.29) is 11.9 Å². The second-order valence-electron chi connectivity index (χ2n) is 9.44. The van der Waals surface area contributed by atoms with E-state index in [4.69, 9.17) is 26.3 Å². The molecule has 1 saturated heterocycles. The molecule has 3 aromatic rings. The second-order valence-corrected chi connectivity index (χ2v) is 9.85. The Bertz CT molecular complexity index is 1410. The number of esters is 1. The molecule has 2 aliphatic rings. The highest BCUT2D eigenvalue weighted by atomic mass is 35.5. The van der Waals surface area contributed by atoms with Gasteiger partial charge in [0.2, 0.25) is 5.91 Å². The molecule has 1 fully saturated rings. The normalized spacial score (nSPS) is 17.1. The highest BCUT2D eigenvalue weighted by Gasteiger charge is 2.32. The van der Waals surface area contributed by atoms with Crippen LogP contribution in [-0.2, 0) is 27.3 Å². The van der Waals surface area contributed by atoms with E-state index in [1.807, 2.05) is 19.2 Å². The molecule has 38 heavy (non-hydrogen) atoms. The first-order valence-corrected chi connectivity index (χ1v) is 12.9. The van der Waals surface area contributed by atoms with Crippen LogP contribution in [0.3, 0.4) is 0 Å². The summed E-state index contributed by atoms with van der Waals surface area (Å²) in [4.78, 5) is 39.5. The molecule has 2 aromatic carbocycles. The average Bonchev–Trinajstić information content (AvgIpc) is 3.45. The fourth-order valence-electron chi connectivity index (χ4n) is 5.26. The zero-order valence-electron chi connectivity index (χ0n) is 21.7. The number of likely N-dealkylation sites (tertiary alicyclic amines) is 1. The van der Waals surface area contributed by atoms with Gasteiger partial charge in [0.25, 0.3) is 0 Å². The van der Waals surface area contributed by atoms with Crippen molar-refractivity contribution in [1.82, 2.24) is 14.9 Å². The zero-order valence-corrected chi connectivity index (χ0v) is 22.4. The van der Waals surface area contributed by atoms with Crippen molar-refractivity contribution >= 4 is 45.8 Å². The van der Waals surface area contributed by atoms with Gasteiger partial charge in [0.1, 0.15) is 5.82 Å². The molecule has 0 saturated carbocycles.